The number of nitrogen functional groups attached to an aromatic ring is 1. The van der Waals surface area contributed by atoms with Crippen LogP contribution in [-0.4, -0.2) is 44.7 Å². The number of benzene rings is 1. The quantitative estimate of drug-likeness (QED) is 0.700. The van der Waals surface area contributed by atoms with Gasteiger partial charge < -0.3 is 20.5 Å². The fraction of sp³-hybridized carbons (Fsp3) is 0.333. The highest BCUT2D eigenvalue weighted by molar-refractivity contribution is 5.79. The van der Waals surface area contributed by atoms with E-state index in [0.29, 0.717) is 24.7 Å². The van der Waals surface area contributed by atoms with E-state index in [1.165, 1.54) is 0 Å². The van der Waals surface area contributed by atoms with Gasteiger partial charge >= 0.3 is 0 Å². The number of amides is 1. The van der Waals surface area contributed by atoms with E-state index in [1.807, 2.05) is 38.1 Å². The molecule has 0 radical (unpaired) electrons. The van der Waals surface area contributed by atoms with Gasteiger partial charge in [0.1, 0.15) is 12.7 Å². The van der Waals surface area contributed by atoms with Crippen LogP contribution in [0.15, 0.2) is 24.3 Å². The van der Waals surface area contributed by atoms with Crippen molar-refractivity contribution in [2.45, 2.75) is 26.4 Å². The van der Waals surface area contributed by atoms with Crippen molar-refractivity contribution in [1.82, 2.24) is 24.9 Å². The molecule has 1 aliphatic heterocycles. The van der Waals surface area contributed by atoms with E-state index < -0.39 is 0 Å². The number of nitrogens with zero attached hydrogens (tertiary/aromatic N) is 4. The maximum Gasteiger partial charge on any atom is 0.254 e. The molecule has 0 fully saturated rings. The summed E-state index contributed by atoms with van der Waals surface area (Å²) < 4.78 is 13.1. The van der Waals surface area contributed by atoms with Gasteiger partial charge in [0.05, 0.1) is 13.0 Å². The Balaban J connectivity index is 1.41. The lowest BCUT2D eigenvalue weighted by molar-refractivity contribution is -0.121. The second-order valence-corrected chi connectivity index (χ2v) is 6.42. The third kappa shape index (κ3) is 3.35. The van der Waals surface area contributed by atoms with Crippen LogP contribution < -0.4 is 20.5 Å². The zero-order valence-electron chi connectivity index (χ0n) is 15.1. The Morgan fingerprint density at radius 1 is 1.30 bits per heavy atom. The summed E-state index contributed by atoms with van der Waals surface area (Å²) in [7, 11) is 0. The lowest BCUT2D eigenvalue weighted by Gasteiger charge is -2.26. The summed E-state index contributed by atoms with van der Waals surface area (Å²) in [6.45, 7) is 4.46. The maximum atomic E-state index is 12.4. The topological polar surface area (TPSA) is 117 Å². The highest BCUT2D eigenvalue weighted by atomic mass is 16.6. The molecule has 1 aromatic carbocycles. The van der Waals surface area contributed by atoms with Crippen molar-refractivity contribution in [3.63, 3.8) is 0 Å². The van der Waals surface area contributed by atoms with Crippen LogP contribution in [0.25, 0.3) is 5.78 Å². The molecular formula is C18H20N6O3. The summed E-state index contributed by atoms with van der Waals surface area (Å²) >= 11 is 0. The van der Waals surface area contributed by atoms with E-state index in [4.69, 9.17) is 15.2 Å². The summed E-state index contributed by atoms with van der Waals surface area (Å²) in [6.07, 6.45) is -0.0494. The molecule has 0 unspecified atom stereocenters. The molecule has 9 heteroatoms. The number of nitrogens with one attached hydrogen (secondary N) is 1. The average Bonchev–Trinajstić information content (AvgIpc) is 3.03. The number of hydrogen-bond donors (Lipinski definition) is 2. The van der Waals surface area contributed by atoms with Crippen LogP contribution in [0.3, 0.4) is 0 Å². The molecule has 0 bridgehead atoms. The van der Waals surface area contributed by atoms with Gasteiger partial charge in [-0.05, 0) is 26.0 Å². The van der Waals surface area contributed by atoms with Crippen molar-refractivity contribution < 1.29 is 14.3 Å². The molecule has 140 valence electrons. The molecule has 9 nitrogen and oxygen atoms in total. The van der Waals surface area contributed by atoms with Crippen LogP contribution in [-0.2, 0) is 11.2 Å². The van der Waals surface area contributed by atoms with Gasteiger partial charge in [0.25, 0.3) is 5.78 Å². The number of fused-ring (bicyclic) bond motifs is 2. The molecule has 1 amide bonds. The SMILES string of the molecule is Cc1nc2nc(N)nn2c(C)c1CC(=O)NC[C@@H]1COc2ccccc2O1. The molecular weight excluding hydrogens is 348 g/mol. The first-order valence-electron chi connectivity index (χ1n) is 8.65. The Hall–Kier alpha value is -3.36. The number of aromatic nitrogens is 4. The number of anilines is 1. The molecule has 3 heterocycles. The van der Waals surface area contributed by atoms with Gasteiger partial charge in [0.2, 0.25) is 11.9 Å². The van der Waals surface area contributed by atoms with Crippen LogP contribution in [0.1, 0.15) is 17.0 Å². The molecule has 2 aromatic heterocycles. The van der Waals surface area contributed by atoms with E-state index in [2.05, 4.69) is 20.4 Å². The summed E-state index contributed by atoms with van der Waals surface area (Å²) in [5.74, 6) is 1.86. The zero-order chi connectivity index (χ0) is 19.0. The second-order valence-electron chi connectivity index (χ2n) is 6.42. The van der Waals surface area contributed by atoms with Crippen molar-refractivity contribution in [1.29, 1.82) is 0 Å². The second kappa shape index (κ2) is 6.75. The van der Waals surface area contributed by atoms with Gasteiger partial charge in [-0.3, -0.25) is 4.79 Å². The molecule has 0 saturated heterocycles. The number of para-hydroxylation sites is 2. The van der Waals surface area contributed by atoms with Crippen molar-refractivity contribution in [3.05, 3.63) is 41.2 Å². The van der Waals surface area contributed by atoms with E-state index >= 15 is 0 Å². The highest BCUT2D eigenvalue weighted by Crippen LogP contribution is 2.30. The lowest BCUT2D eigenvalue weighted by atomic mass is 10.1. The number of aryl methyl sites for hydroxylation is 2. The molecule has 0 aliphatic carbocycles. The first kappa shape index (κ1) is 17.1. The van der Waals surface area contributed by atoms with Gasteiger partial charge in [-0.2, -0.15) is 9.50 Å². The number of rotatable bonds is 4. The minimum Gasteiger partial charge on any atom is -0.486 e. The molecule has 0 spiro atoms. The third-order valence-corrected chi connectivity index (χ3v) is 4.50. The lowest BCUT2D eigenvalue weighted by Crippen LogP contribution is -2.41. The fourth-order valence-corrected chi connectivity index (χ4v) is 3.09. The van der Waals surface area contributed by atoms with Gasteiger partial charge in [0.15, 0.2) is 11.5 Å². The summed E-state index contributed by atoms with van der Waals surface area (Å²) in [5, 5.41) is 7.01. The standard InChI is InChI=1S/C18H20N6O3/c1-10-13(11(2)24-18(21-10)22-17(19)23-24)7-16(25)20-8-12-9-26-14-5-3-4-6-15(14)27-12/h3-6,12H,7-9H2,1-2H3,(H2,19,23)(H,20,25)/t12-/m1/s1. The van der Waals surface area contributed by atoms with E-state index in [0.717, 1.165) is 22.7 Å². The van der Waals surface area contributed by atoms with Crippen LogP contribution in [0, 0.1) is 13.8 Å². The third-order valence-electron chi connectivity index (χ3n) is 4.50. The van der Waals surface area contributed by atoms with Crippen molar-refractivity contribution in [3.8, 4) is 11.5 Å². The molecule has 1 aliphatic rings. The molecule has 4 rings (SSSR count). The summed E-state index contributed by atoms with van der Waals surface area (Å²) in [4.78, 5) is 20.9. The first-order valence-corrected chi connectivity index (χ1v) is 8.65. The minimum atomic E-state index is -0.234. The van der Waals surface area contributed by atoms with Gasteiger partial charge in [-0.1, -0.05) is 12.1 Å². The Bertz CT molecular complexity index is 1020. The number of nitrogens with two attached hydrogens (primary N) is 1. The highest BCUT2D eigenvalue weighted by Gasteiger charge is 2.22. The van der Waals surface area contributed by atoms with Gasteiger partial charge in [-0.15, -0.1) is 5.10 Å². The Kier molecular flexibility index (Phi) is 4.27. The zero-order valence-corrected chi connectivity index (χ0v) is 15.1. The molecule has 3 N–H and O–H groups in total. The normalized spacial score (nSPS) is 15.7. The Morgan fingerprint density at radius 3 is 2.89 bits per heavy atom. The largest absolute Gasteiger partial charge is 0.486 e. The number of carbonyl (C=O) groups is 1. The molecule has 1 atom stereocenters. The smallest absolute Gasteiger partial charge is 0.254 e. The van der Waals surface area contributed by atoms with Crippen LogP contribution in [0.2, 0.25) is 0 Å². The van der Waals surface area contributed by atoms with Crippen molar-refractivity contribution in [2.24, 2.45) is 0 Å². The van der Waals surface area contributed by atoms with E-state index in [1.54, 1.807) is 4.52 Å². The van der Waals surface area contributed by atoms with Gasteiger partial charge in [-0.25, -0.2) is 4.98 Å². The summed E-state index contributed by atoms with van der Waals surface area (Å²) in [5.41, 5.74) is 7.96. The number of carbonyl (C=O) groups excluding carboxylic acids is 1. The fourth-order valence-electron chi connectivity index (χ4n) is 3.09. The first-order chi connectivity index (χ1) is 13.0. The van der Waals surface area contributed by atoms with E-state index in [-0.39, 0.29) is 24.4 Å². The van der Waals surface area contributed by atoms with Crippen LogP contribution in [0.4, 0.5) is 5.95 Å². The van der Waals surface area contributed by atoms with Crippen molar-refractivity contribution in [2.75, 3.05) is 18.9 Å². The number of hydrogen-bond acceptors (Lipinski definition) is 7. The van der Waals surface area contributed by atoms with Crippen LogP contribution in [0.5, 0.6) is 11.5 Å². The van der Waals surface area contributed by atoms with Gasteiger partial charge in [0, 0.05) is 17.0 Å². The van der Waals surface area contributed by atoms with Crippen molar-refractivity contribution >= 4 is 17.6 Å². The number of ether oxygens (including phenoxy) is 2. The predicted molar refractivity (Wildman–Crippen MR) is 97.7 cm³/mol. The summed E-state index contributed by atoms with van der Waals surface area (Å²) in [6, 6.07) is 7.48. The molecule has 0 saturated carbocycles. The maximum absolute atomic E-state index is 12.4. The Morgan fingerprint density at radius 2 is 2.07 bits per heavy atom. The van der Waals surface area contributed by atoms with E-state index in [9.17, 15) is 4.79 Å². The Labute approximate surface area is 155 Å². The molecule has 27 heavy (non-hydrogen) atoms. The molecule has 3 aromatic rings. The minimum absolute atomic E-state index is 0.127. The van der Waals surface area contributed by atoms with Crippen LogP contribution >= 0.6 is 0 Å². The average molecular weight is 368 g/mol. The monoisotopic (exact) mass is 368 g/mol. The predicted octanol–water partition coefficient (Wildman–Crippen LogP) is 0.822.